The summed E-state index contributed by atoms with van der Waals surface area (Å²) in [5, 5.41) is 3.35. The van der Waals surface area contributed by atoms with Gasteiger partial charge in [-0.25, -0.2) is 0 Å². The number of likely N-dealkylation sites (tertiary alicyclic amines) is 1. The minimum Gasteiger partial charge on any atom is -0.347 e. The summed E-state index contributed by atoms with van der Waals surface area (Å²) in [6.07, 6.45) is 2.12. The van der Waals surface area contributed by atoms with Gasteiger partial charge in [0.25, 0.3) is 0 Å². The lowest BCUT2D eigenvalue weighted by molar-refractivity contribution is -0.187. The van der Waals surface area contributed by atoms with Crippen LogP contribution < -0.4 is 5.32 Å². The van der Waals surface area contributed by atoms with Crippen LogP contribution in [-0.2, 0) is 20.8 Å². The molecule has 0 aromatic heterocycles. The minimum atomic E-state index is -0.403. The average Bonchev–Trinajstić information content (AvgIpc) is 3.00. The van der Waals surface area contributed by atoms with Crippen LogP contribution in [0.15, 0.2) is 24.3 Å². The molecule has 2 aliphatic heterocycles. The van der Waals surface area contributed by atoms with Gasteiger partial charge >= 0.3 is 0 Å². The van der Waals surface area contributed by atoms with E-state index < -0.39 is 5.79 Å². The van der Waals surface area contributed by atoms with Crippen LogP contribution in [0.1, 0.15) is 30.4 Å². The highest BCUT2D eigenvalue weighted by Gasteiger charge is 2.40. The van der Waals surface area contributed by atoms with Crippen LogP contribution in [0.2, 0.25) is 0 Å². The van der Waals surface area contributed by atoms with Crippen LogP contribution in [0.4, 0.5) is 0 Å². The Bertz CT molecular complexity index is 531. The summed E-state index contributed by atoms with van der Waals surface area (Å²) in [7, 11) is 0. The van der Waals surface area contributed by atoms with Gasteiger partial charge in [0, 0.05) is 45.4 Å². The Balaban J connectivity index is 1.35. The molecular formula is C18H26N2O3. The molecule has 2 fully saturated rings. The zero-order valence-electron chi connectivity index (χ0n) is 13.8. The van der Waals surface area contributed by atoms with Crippen LogP contribution in [0.5, 0.6) is 0 Å². The molecule has 0 radical (unpaired) electrons. The summed E-state index contributed by atoms with van der Waals surface area (Å²) < 4.78 is 11.4. The third kappa shape index (κ3) is 4.31. The molecule has 5 heteroatoms. The van der Waals surface area contributed by atoms with Crippen LogP contribution in [0, 0.1) is 6.92 Å². The molecule has 1 N–H and O–H groups in total. The van der Waals surface area contributed by atoms with Crippen LogP contribution in [0.25, 0.3) is 0 Å². The van der Waals surface area contributed by atoms with E-state index in [0.717, 1.165) is 32.5 Å². The monoisotopic (exact) mass is 318 g/mol. The van der Waals surface area contributed by atoms with E-state index >= 15 is 0 Å². The Morgan fingerprint density at radius 3 is 2.70 bits per heavy atom. The number of piperidine rings is 1. The van der Waals surface area contributed by atoms with Gasteiger partial charge in [0.05, 0.1) is 13.2 Å². The lowest BCUT2D eigenvalue weighted by Gasteiger charge is -2.37. The Hall–Kier alpha value is -1.43. The maximum atomic E-state index is 12.3. The maximum absolute atomic E-state index is 12.3. The molecule has 0 saturated carbocycles. The van der Waals surface area contributed by atoms with E-state index in [1.54, 1.807) is 0 Å². The van der Waals surface area contributed by atoms with Gasteiger partial charge < -0.3 is 19.7 Å². The highest BCUT2D eigenvalue weighted by Crippen LogP contribution is 2.31. The molecule has 23 heavy (non-hydrogen) atoms. The highest BCUT2D eigenvalue weighted by molar-refractivity contribution is 5.76. The van der Waals surface area contributed by atoms with Crippen molar-refractivity contribution in [3.8, 4) is 0 Å². The number of carbonyl (C=O) groups excluding carboxylic acids is 1. The Morgan fingerprint density at radius 1 is 1.26 bits per heavy atom. The van der Waals surface area contributed by atoms with Gasteiger partial charge in [-0.3, -0.25) is 4.79 Å². The molecule has 1 spiro atoms. The number of carbonyl (C=O) groups is 1. The van der Waals surface area contributed by atoms with Crippen molar-refractivity contribution in [3.63, 3.8) is 0 Å². The summed E-state index contributed by atoms with van der Waals surface area (Å²) in [6.45, 7) is 6.43. The second-order valence-corrected chi connectivity index (χ2v) is 6.40. The number of hydrogen-bond acceptors (Lipinski definition) is 4. The molecule has 0 unspecified atom stereocenters. The topological polar surface area (TPSA) is 50.8 Å². The normalized spacial score (nSPS) is 20.1. The number of nitrogens with one attached hydrogen (secondary N) is 1. The molecule has 126 valence electrons. The van der Waals surface area contributed by atoms with E-state index in [0.29, 0.717) is 26.2 Å². The number of aryl methyl sites for hydroxylation is 1. The number of nitrogens with zero attached hydrogens (tertiary/aromatic N) is 1. The molecule has 2 aliphatic rings. The fourth-order valence-electron chi connectivity index (χ4n) is 3.29. The first-order chi connectivity index (χ1) is 11.2. The highest BCUT2D eigenvalue weighted by atomic mass is 16.7. The van der Waals surface area contributed by atoms with Crippen molar-refractivity contribution in [2.45, 2.75) is 38.5 Å². The van der Waals surface area contributed by atoms with Crippen molar-refractivity contribution in [2.24, 2.45) is 0 Å². The SMILES string of the molecule is Cc1cccc(CNCCC(=O)N2CCC3(CC2)OCCO3)c1. The molecule has 0 aliphatic carbocycles. The predicted octanol–water partition coefficient (Wildman–Crippen LogP) is 1.84. The smallest absolute Gasteiger partial charge is 0.223 e. The number of amides is 1. The van der Waals surface area contributed by atoms with E-state index in [-0.39, 0.29) is 5.91 Å². The summed E-state index contributed by atoms with van der Waals surface area (Å²) in [6, 6.07) is 8.43. The van der Waals surface area contributed by atoms with Gasteiger partial charge in [0.2, 0.25) is 5.91 Å². The van der Waals surface area contributed by atoms with Crippen molar-refractivity contribution in [1.29, 1.82) is 0 Å². The standard InChI is InChI=1S/C18H26N2O3/c1-15-3-2-4-16(13-15)14-19-8-5-17(21)20-9-6-18(7-10-20)22-11-12-23-18/h2-4,13,19H,5-12,14H2,1H3. The minimum absolute atomic E-state index is 0.217. The molecule has 1 amide bonds. The first kappa shape index (κ1) is 16.4. The van der Waals surface area contributed by atoms with Gasteiger partial charge in [0.1, 0.15) is 0 Å². The number of rotatable bonds is 5. The first-order valence-electron chi connectivity index (χ1n) is 8.49. The molecule has 3 rings (SSSR count). The zero-order chi connectivity index (χ0) is 16.1. The third-order valence-corrected chi connectivity index (χ3v) is 4.62. The number of benzene rings is 1. The molecule has 2 saturated heterocycles. The molecule has 5 nitrogen and oxygen atoms in total. The second kappa shape index (κ2) is 7.43. The Kier molecular flexibility index (Phi) is 5.30. The van der Waals surface area contributed by atoms with Crippen molar-refractivity contribution in [3.05, 3.63) is 35.4 Å². The van der Waals surface area contributed by atoms with Gasteiger partial charge in [-0.2, -0.15) is 0 Å². The third-order valence-electron chi connectivity index (χ3n) is 4.62. The van der Waals surface area contributed by atoms with Gasteiger partial charge in [-0.15, -0.1) is 0 Å². The second-order valence-electron chi connectivity index (χ2n) is 6.40. The van der Waals surface area contributed by atoms with Gasteiger partial charge in [-0.1, -0.05) is 29.8 Å². The van der Waals surface area contributed by atoms with E-state index in [1.807, 2.05) is 4.90 Å². The first-order valence-corrected chi connectivity index (χ1v) is 8.49. The van der Waals surface area contributed by atoms with Crippen molar-refractivity contribution < 1.29 is 14.3 Å². The largest absolute Gasteiger partial charge is 0.347 e. The van der Waals surface area contributed by atoms with Crippen molar-refractivity contribution in [1.82, 2.24) is 10.2 Å². The van der Waals surface area contributed by atoms with Crippen LogP contribution >= 0.6 is 0 Å². The molecule has 0 atom stereocenters. The Morgan fingerprint density at radius 2 is 2.00 bits per heavy atom. The summed E-state index contributed by atoms with van der Waals surface area (Å²) in [5.41, 5.74) is 2.52. The van der Waals surface area contributed by atoms with E-state index in [9.17, 15) is 4.79 Å². The molecule has 0 bridgehead atoms. The number of ether oxygens (including phenoxy) is 2. The fraction of sp³-hybridized carbons (Fsp3) is 0.611. The van der Waals surface area contributed by atoms with Gasteiger partial charge in [0.15, 0.2) is 5.79 Å². The lowest BCUT2D eigenvalue weighted by Crippen LogP contribution is -2.47. The van der Waals surface area contributed by atoms with E-state index in [4.69, 9.17) is 9.47 Å². The number of hydrogen-bond donors (Lipinski definition) is 1. The maximum Gasteiger partial charge on any atom is 0.223 e. The average molecular weight is 318 g/mol. The molecular weight excluding hydrogens is 292 g/mol. The molecule has 2 heterocycles. The summed E-state index contributed by atoms with van der Waals surface area (Å²) in [4.78, 5) is 14.2. The zero-order valence-corrected chi connectivity index (χ0v) is 13.8. The van der Waals surface area contributed by atoms with Crippen molar-refractivity contribution in [2.75, 3.05) is 32.8 Å². The summed E-state index contributed by atoms with van der Waals surface area (Å²) in [5.74, 6) is -0.185. The predicted molar refractivity (Wildman–Crippen MR) is 88.0 cm³/mol. The lowest BCUT2D eigenvalue weighted by atomic mass is 10.0. The van der Waals surface area contributed by atoms with Gasteiger partial charge in [-0.05, 0) is 12.5 Å². The fourth-order valence-corrected chi connectivity index (χ4v) is 3.29. The summed E-state index contributed by atoms with van der Waals surface area (Å²) >= 11 is 0. The van der Waals surface area contributed by atoms with Crippen LogP contribution in [-0.4, -0.2) is 49.4 Å². The van der Waals surface area contributed by atoms with Crippen molar-refractivity contribution >= 4 is 5.91 Å². The van der Waals surface area contributed by atoms with E-state index in [1.165, 1.54) is 11.1 Å². The van der Waals surface area contributed by atoms with E-state index in [2.05, 4.69) is 36.5 Å². The van der Waals surface area contributed by atoms with Crippen LogP contribution in [0.3, 0.4) is 0 Å². The Labute approximate surface area is 137 Å². The molecule has 1 aromatic rings. The molecule has 1 aromatic carbocycles. The quantitative estimate of drug-likeness (QED) is 0.842.